The highest BCUT2D eigenvalue weighted by molar-refractivity contribution is 5.94. The van der Waals surface area contributed by atoms with Crippen molar-refractivity contribution in [2.45, 2.75) is 56.1 Å². The molecule has 4 fully saturated rings. The molecule has 4 aliphatic rings. The van der Waals surface area contributed by atoms with Gasteiger partial charge in [-0.15, -0.1) is 0 Å². The van der Waals surface area contributed by atoms with Crippen molar-refractivity contribution >= 4 is 22.4 Å². The van der Waals surface area contributed by atoms with Crippen molar-refractivity contribution in [2.24, 2.45) is 0 Å². The van der Waals surface area contributed by atoms with Gasteiger partial charge < -0.3 is 20.7 Å². The lowest BCUT2D eigenvalue weighted by Gasteiger charge is -2.34. The summed E-state index contributed by atoms with van der Waals surface area (Å²) in [7, 11) is 0. The van der Waals surface area contributed by atoms with Crippen molar-refractivity contribution in [3.63, 3.8) is 0 Å². The van der Waals surface area contributed by atoms with Gasteiger partial charge in [0, 0.05) is 41.8 Å². The number of anilines is 2. The molecular formula is C28H31F3N6O. The van der Waals surface area contributed by atoms with E-state index in [1.165, 1.54) is 18.2 Å². The second-order valence-electron chi connectivity index (χ2n) is 11.3. The molecule has 0 saturated carbocycles. The predicted molar refractivity (Wildman–Crippen MR) is 140 cm³/mol. The molecular weight excluding hydrogens is 493 g/mol. The fourth-order valence-corrected chi connectivity index (χ4v) is 7.08. The van der Waals surface area contributed by atoms with E-state index in [0.29, 0.717) is 37.6 Å². The number of hydrogen-bond donors (Lipinski definition) is 2. The molecule has 0 spiro atoms. The van der Waals surface area contributed by atoms with E-state index < -0.39 is 23.0 Å². The van der Waals surface area contributed by atoms with Gasteiger partial charge in [-0.1, -0.05) is 0 Å². The van der Waals surface area contributed by atoms with Crippen LogP contribution >= 0.6 is 0 Å². The molecule has 2 aromatic carbocycles. The Hall–Kier alpha value is -3.11. The van der Waals surface area contributed by atoms with Crippen LogP contribution in [-0.4, -0.2) is 65.3 Å². The molecule has 10 heteroatoms. The Labute approximate surface area is 219 Å². The highest BCUT2D eigenvalue weighted by Gasteiger charge is 2.45. The van der Waals surface area contributed by atoms with Crippen LogP contribution in [0, 0.1) is 17.5 Å². The monoisotopic (exact) mass is 524 g/mol. The van der Waals surface area contributed by atoms with Gasteiger partial charge in [0.1, 0.15) is 29.6 Å². The SMILES string of the molecule is Nc1ccc(F)c(-c2c(F)cc3c(N4CC5CCC(C4)N5)nc(OCC45CCCN4CCC5)nc3c2F)c1. The molecule has 200 valence electrons. The minimum atomic E-state index is -0.947. The molecule has 2 unspecified atom stereocenters. The van der Waals surface area contributed by atoms with Crippen LogP contribution < -0.4 is 20.7 Å². The predicted octanol–water partition coefficient (Wildman–Crippen LogP) is 4.24. The highest BCUT2D eigenvalue weighted by atomic mass is 19.1. The molecule has 38 heavy (non-hydrogen) atoms. The maximum atomic E-state index is 16.1. The molecule has 4 aliphatic heterocycles. The maximum Gasteiger partial charge on any atom is 0.319 e. The van der Waals surface area contributed by atoms with Gasteiger partial charge in [0.15, 0.2) is 5.82 Å². The number of nitrogens with one attached hydrogen (secondary N) is 1. The van der Waals surface area contributed by atoms with Crippen molar-refractivity contribution in [3.05, 3.63) is 41.7 Å². The Balaban J connectivity index is 1.35. The Morgan fingerprint density at radius 2 is 1.74 bits per heavy atom. The van der Waals surface area contributed by atoms with Gasteiger partial charge in [0.25, 0.3) is 0 Å². The van der Waals surface area contributed by atoms with Crippen LogP contribution in [0.15, 0.2) is 24.3 Å². The lowest BCUT2D eigenvalue weighted by molar-refractivity contribution is 0.108. The molecule has 2 atom stereocenters. The lowest BCUT2D eigenvalue weighted by Crippen LogP contribution is -2.51. The molecule has 4 saturated heterocycles. The number of nitrogens with two attached hydrogens (primary N) is 1. The first-order valence-electron chi connectivity index (χ1n) is 13.5. The zero-order valence-corrected chi connectivity index (χ0v) is 21.2. The number of benzene rings is 2. The Kier molecular flexibility index (Phi) is 5.66. The van der Waals surface area contributed by atoms with Gasteiger partial charge in [0.2, 0.25) is 0 Å². The third-order valence-electron chi connectivity index (χ3n) is 8.90. The van der Waals surface area contributed by atoms with E-state index in [-0.39, 0.29) is 33.7 Å². The van der Waals surface area contributed by atoms with E-state index in [4.69, 9.17) is 15.5 Å². The number of nitrogen functional groups attached to an aromatic ring is 1. The molecule has 7 nitrogen and oxygen atoms in total. The second-order valence-corrected chi connectivity index (χ2v) is 11.3. The van der Waals surface area contributed by atoms with E-state index in [9.17, 15) is 4.39 Å². The van der Waals surface area contributed by atoms with E-state index in [1.54, 1.807) is 0 Å². The van der Waals surface area contributed by atoms with Crippen molar-refractivity contribution in [2.75, 3.05) is 43.4 Å². The van der Waals surface area contributed by atoms with E-state index in [2.05, 4.69) is 20.1 Å². The van der Waals surface area contributed by atoms with Gasteiger partial charge in [-0.3, -0.25) is 4.90 Å². The first kappa shape index (κ1) is 24.0. The normalized spacial score (nSPS) is 24.3. The van der Waals surface area contributed by atoms with Crippen molar-refractivity contribution in [1.29, 1.82) is 0 Å². The molecule has 3 N–H and O–H groups in total. The van der Waals surface area contributed by atoms with Crippen LogP contribution in [0.5, 0.6) is 6.01 Å². The molecule has 0 amide bonds. The average Bonchev–Trinajstić information content (AvgIpc) is 3.58. The Morgan fingerprint density at radius 1 is 1.00 bits per heavy atom. The molecule has 0 radical (unpaired) electrons. The highest BCUT2D eigenvalue weighted by Crippen LogP contribution is 2.41. The molecule has 0 aliphatic carbocycles. The summed E-state index contributed by atoms with van der Waals surface area (Å²) in [6.07, 6.45) is 6.44. The summed E-state index contributed by atoms with van der Waals surface area (Å²) in [5, 5.41) is 3.83. The zero-order chi connectivity index (χ0) is 26.0. The molecule has 3 aromatic rings. The van der Waals surface area contributed by atoms with Gasteiger partial charge in [-0.2, -0.15) is 9.97 Å². The lowest BCUT2D eigenvalue weighted by atomic mass is 9.95. The Morgan fingerprint density at radius 3 is 2.47 bits per heavy atom. The molecule has 7 rings (SSSR count). The number of aromatic nitrogens is 2. The van der Waals surface area contributed by atoms with E-state index in [1.807, 2.05) is 0 Å². The second kappa shape index (κ2) is 8.98. The van der Waals surface area contributed by atoms with E-state index >= 15 is 8.78 Å². The third kappa shape index (κ3) is 3.88. The summed E-state index contributed by atoms with van der Waals surface area (Å²) in [5.74, 6) is -2.14. The summed E-state index contributed by atoms with van der Waals surface area (Å²) in [5.41, 5.74) is 5.18. The first-order chi connectivity index (χ1) is 18.4. The summed E-state index contributed by atoms with van der Waals surface area (Å²) in [6, 6.07) is 5.58. The number of fused-ring (bicyclic) bond motifs is 4. The molecule has 1 aromatic heterocycles. The molecule has 2 bridgehead atoms. The topological polar surface area (TPSA) is 79.5 Å². The van der Waals surface area contributed by atoms with Crippen LogP contribution in [0.3, 0.4) is 0 Å². The quantitative estimate of drug-likeness (QED) is 0.484. The number of ether oxygens (including phenoxy) is 1. The van der Waals surface area contributed by atoms with Gasteiger partial charge in [-0.25, -0.2) is 13.2 Å². The van der Waals surface area contributed by atoms with Crippen LogP contribution in [0.25, 0.3) is 22.0 Å². The van der Waals surface area contributed by atoms with Crippen LogP contribution in [0.1, 0.15) is 38.5 Å². The number of halogens is 3. The summed E-state index contributed by atoms with van der Waals surface area (Å²) in [6.45, 7) is 3.88. The summed E-state index contributed by atoms with van der Waals surface area (Å²) in [4.78, 5) is 13.7. The van der Waals surface area contributed by atoms with Crippen LogP contribution in [-0.2, 0) is 0 Å². The van der Waals surface area contributed by atoms with Gasteiger partial charge in [-0.05, 0) is 75.9 Å². The third-order valence-corrected chi connectivity index (χ3v) is 8.90. The average molecular weight is 525 g/mol. The van der Waals surface area contributed by atoms with Crippen LogP contribution in [0.2, 0.25) is 0 Å². The fraction of sp³-hybridized carbons (Fsp3) is 0.500. The number of nitrogens with zero attached hydrogens (tertiary/aromatic N) is 4. The van der Waals surface area contributed by atoms with Gasteiger partial charge >= 0.3 is 6.01 Å². The van der Waals surface area contributed by atoms with Crippen LogP contribution in [0.4, 0.5) is 24.7 Å². The Bertz CT molecular complexity index is 1400. The first-order valence-corrected chi connectivity index (χ1v) is 13.5. The van der Waals surface area contributed by atoms with Crippen molar-refractivity contribution in [1.82, 2.24) is 20.2 Å². The fourth-order valence-electron chi connectivity index (χ4n) is 7.08. The van der Waals surface area contributed by atoms with Crippen molar-refractivity contribution < 1.29 is 17.9 Å². The number of rotatable bonds is 5. The standard InChI is InChI=1S/C28H31F3N6O/c29-21-6-3-16(32)11-19(21)23-22(30)12-20-25(24(23)31)34-27(38-15-28-7-1-9-37(28)10-2-8-28)35-26(20)36-13-17-4-5-18(14-36)33-17/h3,6,11-12,17-18,33H,1-2,4-5,7-10,13-15,32H2. The maximum absolute atomic E-state index is 16.1. The van der Waals surface area contributed by atoms with Crippen molar-refractivity contribution in [3.8, 4) is 17.1 Å². The largest absolute Gasteiger partial charge is 0.461 e. The van der Waals surface area contributed by atoms with Gasteiger partial charge in [0.05, 0.1) is 11.1 Å². The smallest absolute Gasteiger partial charge is 0.319 e. The minimum Gasteiger partial charge on any atom is -0.461 e. The van der Waals surface area contributed by atoms with E-state index in [0.717, 1.165) is 57.7 Å². The summed E-state index contributed by atoms with van der Waals surface area (Å²) >= 11 is 0. The number of piperazine rings is 1. The minimum absolute atomic E-state index is 0.0379. The molecule has 5 heterocycles. The summed E-state index contributed by atoms with van der Waals surface area (Å²) < 4.78 is 52.6. The number of hydrogen-bond acceptors (Lipinski definition) is 7. The zero-order valence-electron chi connectivity index (χ0n) is 21.2.